The van der Waals surface area contributed by atoms with Crippen LogP contribution in [0.3, 0.4) is 0 Å². The first-order chi connectivity index (χ1) is 14.6. The summed E-state index contributed by atoms with van der Waals surface area (Å²) >= 11 is 0. The van der Waals surface area contributed by atoms with Crippen LogP contribution in [0.4, 0.5) is 4.39 Å². The molecule has 0 aromatic carbocycles. The van der Waals surface area contributed by atoms with Crippen molar-refractivity contribution in [3.05, 3.63) is 0 Å². The lowest BCUT2D eigenvalue weighted by molar-refractivity contribution is -0.306. The van der Waals surface area contributed by atoms with E-state index < -0.39 is 92.3 Å². The van der Waals surface area contributed by atoms with Crippen LogP contribution in [0.25, 0.3) is 0 Å². The average Bonchev–Trinajstić information content (AvgIpc) is 3.02. The number of aliphatic hydroxyl groups excluding tert-OH is 5. The summed E-state index contributed by atoms with van der Waals surface area (Å²) in [4.78, 5) is 0. The average molecular weight is 456 g/mol. The third kappa shape index (κ3) is 4.86. The Bertz CT molecular complexity index is 596. The van der Waals surface area contributed by atoms with Crippen molar-refractivity contribution in [1.29, 1.82) is 0 Å². The summed E-state index contributed by atoms with van der Waals surface area (Å²) in [6, 6.07) is -2.80. The highest BCUT2D eigenvalue weighted by Crippen LogP contribution is 2.32. The number of alkyl halides is 1. The van der Waals surface area contributed by atoms with Gasteiger partial charge in [0.2, 0.25) is 0 Å². The monoisotopic (exact) mass is 456 g/mol. The Labute approximate surface area is 178 Å². The lowest BCUT2D eigenvalue weighted by atomic mass is 9.84. The highest BCUT2D eigenvalue weighted by Gasteiger charge is 2.52. The number of rotatable bonds is 6. The zero-order valence-corrected chi connectivity index (χ0v) is 16.8. The predicted molar refractivity (Wildman–Crippen MR) is 101 cm³/mol. The highest BCUT2D eigenvalue weighted by atomic mass is 19.1. The Balaban J connectivity index is 1.78. The summed E-state index contributed by atoms with van der Waals surface area (Å²) in [5.74, 6) is 0. The van der Waals surface area contributed by atoms with Crippen LogP contribution in [0.2, 0.25) is 0 Å². The first-order valence-electron chi connectivity index (χ1n) is 10.2. The van der Waals surface area contributed by atoms with Crippen molar-refractivity contribution >= 4 is 0 Å². The van der Waals surface area contributed by atoms with Gasteiger partial charge in [-0.3, -0.25) is 0 Å². The lowest BCUT2D eigenvalue weighted by Crippen LogP contribution is -2.68. The van der Waals surface area contributed by atoms with Crippen LogP contribution in [0.5, 0.6) is 0 Å². The molecule has 182 valence electrons. The molecular formula is C17H33FN4O9. The van der Waals surface area contributed by atoms with Crippen molar-refractivity contribution in [1.82, 2.24) is 0 Å². The predicted octanol–water partition coefficient (Wildman–Crippen LogP) is -5.68. The number of halogens is 1. The molecular weight excluding hydrogens is 423 g/mol. The molecule has 13 N–H and O–H groups in total. The van der Waals surface area contributed by atoms with E-state index in [1.165, 1.54) is 0 Å². The third-order valence-corrected chi connectivity index (χ3v) is 6.08. The van der Waals surface area contributed by atoms with E-state index in [1.54, 1.807) is 0 Å². The van der Waals surface area contributed by atoms with Gasteiger partial charge in [0, 0.05) is 18.6 Å². The summed E-state index contributed by atoms with van der Waals surface area (Å²) < 4.78 is 36.3. The molecule has 2 aliphatic heterocycles. The topological polar surface area (TPSA) is 242 Å². The fourth-order valence-corrected chi connectivity index (χ4v) is 4.14. The van der Waals surface area contributed by atoms with Crippen LogP contribution in [0.1, 0.15) is 6.42 Å². The van der Waals surface area contributed by atoms with E-state index in [0.29, 0.717) is 0 Å². The van der Waals surface area contributed by atoms with Gasteiger partial charge in [-0.05, 0) is 6.42 Å². The van der Waals surface area contributed by atoms with E-state index >= 15 is 0 Å². The molecule has 31 heavy (non-hydrogen) atoms. The van der Waals surface area contributed by atoms with Gasteiger partial charge < -0.3 is 67.4 Å². The zero-order chi connectivity index (χ0) is 23.0. The zero-order valence-electron chi connectivity index (χ0n) is 16.8. The summed E-state index contributed by atoms with van der Waals surface area (Å²) in [5.41, 5.74) is 23.6. The van der Waals surface area contributed by atoms with Gasteiger partial charge in [-0.15, -0.1) is 0 Å². The quantitative estimate of drug-likeness (QED) is 0.181. The number of ether oxygens (including phenoxy) is 4. The molecule has 0 aromatic heterocycles. The molecule has 0 bridgehead atoms. The third-order valence-electron chi connectivity index (χ3n) is 6.08. The maximum atomic E-state index is 14.1. The second kappa shape index (κ2) is 10.1. The van der Waals surface area contributed by atoms with Gasteiger partial charge in [-0.25, -0.2) is 4.39 Å². The minimum Gasteiger partial charge on any atom is -0.394 e. The highest BCUT2D eigenvalue weighted by molar-refractivity contribution is 5.01. The fourth-order valence-electron chi connectivity index (χ4n) is 4.14. The molecule has 14 atom stereocenters. The molecule has 3 aliphatic rings. The van der Waals surface area contributed by atoms with Crippen LogP contribution < -0.4 is 22.9 Å². The molecule has 1 aliphatic carbocycles. The van der Waals surface area contributed by atoms with Crippen molar-refractivity contribution in [3.63, 3.8) is 0 Å². The van der Waals surface area contributed by atoms with E-state index in [9.17, 15) is 29.9 Å². The standard InChI is InChI=1S/C17H33FN4O9/c18-8-7(3-23)29-17(12(8)26)31-15-10(24)4(20)1-5(21)14(15)30-16-9(22)13(27)11(25)6(2-19)28-16/h4-17,23-27H,1-3,19-22H2/t4-,5?,6?,7-,8+,9?,10?,11-,12?,13-,14-,15-,16-,17+/m1/s1. The largest absolute Gasteiger partial charge is 0.394 e. The summed E-state index contributed by atoms with van der Waals surface area (Å²) in [7, 11) is 0. The van der Waals surface area contributed by atoms with Crippen LogP contribution in [-0.2, 0) is 18.9 Å². The minimum atomic E-state index is -1.91. The maximum absolute atomic E-state index is 14.1. The Morgan fingerprint density at radius 3 is 2.00 bits per heavy atom. The van der Waals surface area contributed by atoms with Gasteiger partial charge in [0.25, 0.3) is 0 Å². The van der Waals surface area contributed by atoms with Gasteiger partial charge in [-0.1, -0.05) is 0 Å². The second-order valence-corrected chi connectivity index (χ2v) is 8.25. The Morgan fingerprint density at radius 2 is 1.42 bits per heavy atom. The van der Waals surface area contributed by atoms with E-state index in [-0.39, 0.29) is 13.0 Å². The summed E-state index contributed by atoms with van der Waals surface area (Å²) in [6.45, 7) is -0.812. The summed E-state index contributed by atoms with van der Waals surface area (Å²) in [5, 5.41) is 50.0. The first-order valence-corrected chi connectivity index (χ1v) is 10.2. The lowest BCUT2D eigenvalue weighted by Gasteiger charge is -2.47. The molecule has 0 amide bonds. The maximum Gasteiger partial charge on any atom is 0.187 e. The van der Waals surface area contributed by atoms with Crippen LogP contribution in [-0.4, -0.2) is 124 Å². The molecule has 1 saturated carbocycles. The molecule has 5 unspecified atom stereocenters. The van der Waals surface area contributed by atoms with Crippen LogP contribution >= 0.6 is 0 Å². The Hall–Kier alpha value is -0.590. The van der Waals surface area contributed by atoms with E-state index in [4.69, 9.17) is 41.9 Å². The normalized spacial score (nSPS) is 53.6. The van der Waals surface area contributed by atoms with Gasteiger partial charge in [-0.2, -0.15) is 0 Å². The van der Waals surface area contributed by atoms with Crippen LogP contribution in [0, 0.1) is 0 Å². The van der Waals surface area contributed by atoms with Crippen LogP contribution in [0.15, 0.2) is 0 Å². The van der Waals surface area contributed by atoms with Crippen molar-refractivity contribution in [2.75, 3.05) is 13.2 Å². The minimum absolute atomic E-state index is 0.123. The van der Waals surface area contributed by atoms with Crippen molar-refractivity contribution in [3.8, 4) is 0 Å². The van der Waals surface area contributed by atoms with Gasteiger partial charge in [0.05, 0.1) is 18.8 Å². The number of aliphatic hydroxyl groups is 5. The first kappa shape index (κ1) is 25.0. The number of hydrogen-bond donors (Lipinski definition) is 9. The molecule has 3 rings (SSSR count). The van der Waals surface area contributed by atoms with Crippen molar-refractivity contribution in [2.24, 2.45) is 22.9 Å². The Morgan fingerprint density at radius 1 is 0.806 bits per heavy atom. The molecule has 0 spiro atoms. The summed E-state index contributed by atoms with van der Waals surface area (Å²) in [6.07, 6.45) is -15.1. The number of nitrogens with two attached hydrogens (primary N) is 4. The molecule has 2 saturated heterocycles. The van der Waals surface area contributed by atoms with Gasteiger partial charge >= 0.3 is 0 Å². The van der Waals surface area contributed by atoms with Gasteiger partial charge in [0.1, 0.15) is 42.7 Å². The molecule has 14 heteroatoms. The van der Waals surface area contributed by atoms with Gasteiger partial charge in [0.15, 0.2) is 18.8 Å². The molecule has 0 radical (unpaired) electrons. The second-order valence-electron chi connectivity index (χ2n) is 8.25. The van der Waals surface area contributed by atoms with E-state index in [2.05, 4.69) is 0 Å². The van der Waals surface area contributed by atoms with Crippen molar-refractivity contribution < 1.29 is 48.9 Å². The van der Waals surface area contributed by atoms with E-state index in [0.717, 1.165) is 0 Å². The molecule has 13 nitrogen and oxygen atoms in total. The smallest absolute Gasteiger partial charge is 0.187 e. The molecule has 2 heterocycles. The molecule has 3 fully saturated rings. The number of hydrogen-bond acceptors (Lipinski definition) is 13. The van der Waals surface area contributed by atoms with E-state index in [1.807, 2.05) is 0 Å². The SMILES string of the molecule is NCC1O[C@H](O[C@@H]2C(N)C[C@@H](N)C(O)[C@H]2O[C@@H]2O[C@H](CO)[C@H](F)C2O)C(N)[C@@H](O)[C@@H]1O. The fraction of sp³-hybridized carbons (Fsp3) is 1.00. The van der Waals surface area contributed by atoms with Crippen molar-refractivity contribution in [2.45, 2.75) is 92.1 Å². The Kier molecular flexibility index (Phi) is 8.18. The molecule has 0 aromatic rings.